The van der Waals surface area contributed by atoms with Crippen molar-refractivity contribution in [2.75, 3.05) is 5.73 Å². The number of nitrogen functional groups attached to an aromatic ring is 1. The fourth-order valence-electron chi connectivity index (χ4n) is 1.96. The zero-order chi connectivity index (χ0) is 12.7. The Morgan fingerprint density at radius 3 is 2.89 bits per heavy atom. The van der Waals surface area contributed by atoms with E-state index in [1.54, 1.807) is 10.8 Å². The second-order valence-electron chi connectivity index (χ2n) is 4.11. The van der Waals surface area contributed by atoms with E-state index in [0.29, 0.717) is 16.6 Å². The maximum absolute atomic E-state index is 6.26. The number of aromatic nitrogens is 3. The summed E-state index contributed by atoms with van der Waals surface area (Å²) in [5.41, 5.74) is 9.30. The van der Waals surface area contributed by atoms with Gasteiger partial charge >= 0.3 is 0 Å². The number of hydrogen-bond acceptors (Lipinski definition) is 3. The highest BCUT2D eigenvalue weighted by Crippen LogP contribution is 2.27. The lowest BCUT2D eigenvalue weighted by atomic mass is 10.2. The highest BCUT2D eigenvalue weighted by Gasteiger charge is 2.13. The van der Waals surface area contributed by atoms with Crippen LogP contribution in [0.15, 0.2) is 36.5 Å². The Kier molecular flexibility index (Phi) is 2.45. The monoisotopic (exact) mass is 258 g/mol. The summed E-state index contributed by atoms with van der Waals surface area (Å²) < 4.78 is 1.76. The van der Waals surface area contributed by atoms with Crippen molar-refractivity contribution in [1.82, 2.24) is 14.5 Å². The Morgan fingerprint density at radius 2 is 2.11 bits per heavy atom. The minimum absolute atomic E-state index is 0.384. The molecule has 0 saturated carbocycles. The van der Waals surface area contributed by atoms with Gasteiger partial charge in [-0.05, 0) is 36.8 Å². The molecule has 0 aliphatic heterocycles. The van der Waals surface area contributed by atoms with E-state index >= 15 is 0 Å². The van der Waals surface area contributed by atoms with Gasteiger partial charge in [0, 0.05) is 6.20 Å². The summed E-state index contributed by atoms with van der Waals surface area (Å²) in [6.07, 6.45) is 1.71. The molecule has 90 valence electrons. The number of imidazole rings is 1. The molecule has 5 heteroatoms. The van der Waals surface area contributed by atoms with E-state index in [-0.39, 0.29) is 0 Å². The molecule has 18 heavy (non-hydrogen) atoms. The normalized spacial score (nSPS) is 11.0. The molecule has 0 radical (unpaired) electrons. The predicted molar refractivity (Wildman–Crippen MR) is 73.0 cm³/mol. The highest BCUT2D eigenvalue weighted by molar-refractivity contribution is 6.32. The standard InChI is InChI=1S/C13H11ClN4/c1-8-4-5-11(9(14)7-8)18-12-10(17-13(18)15)3-2-6-16-12/h2-7H,1H3,(H2,15,17). The first kappa shape index (κ1) is 11.0. The number of halogens is 1. The second-order valence-corrected chi connectivity index (χ2v) is 4.51. The first-order valence-corrected chi connectivity index (χ1v) is 5.90. The minimum Gasteiger partial charge on any atom is -0.369 e. The number of aryl methyl sites for hydroxylation is 1. The number of hydrogen-bond donors (Lipinski definition) is 1. The SMILES string of the molecule is Cc1ccc(-n2c(N)nc3cccnc32)c(Cl)c1. The van der Waals surface area contributed by atoms with Gasteiger partial charge in [-0.3, -0.25) is 4.57 Å². The van der Waals surface area contributed by atoms with Crippen LogP contribution in [0.4, 0.5) is 5.95 Å². The average Bonchev–Trinajstić information content (AvgIpc) is 2.66. The van der Waals surface area contributed by atoms with Gasteiger partial charge in [-0.1, -0.05) is 17.7 Å². The van der Waals surface area contributed by atoms with Crippen LogP contribution in [-0.2, 0) is 0 Å². The number of pyridine rings is 1. The van der Waals surface area contributed by atoms with Gasteiger partial charge in [0.05, 0.1) is 10.7 Å². The first-order chi connectivity index (χ1) is 8.66. The van der Waals surface area contributed by atoms with Crippen molar-refractivity contribution in [1.29, 1.82) is 0 Å². The number of rotatable bonds is 1. The lowest BCUT2D eigenvalue weighted by molar-refractivity contribution is 1.08. The van der Waals surface area contributed by atoms with Crippen LogP contribution in [-0.4, -0.2) is 14.5 Å². The van der Waals surface area contributed by atoms with E-state index in [1.807, 2.05) is 37.3 Å². The quantitative estimate of drug-likeness (QED) is 0.730. The molecule has 0 unspecified atom stereocenters. The molecule has 0 spiro atoms. The number of fused-ring (bicyclic) bond motifs is 1. The van der Waals surface area contributed by atoms with Crippen molar-refractivity contribution < 1.29 is 0 Å². The van der Waals surface area contributed by atoms with Gasteiger partial charge < -0.3 is 5.73 Å². The summed E-state index contributed by atoms with van der Waals surface area (Å²) in [4.78, 5) is 8.58. The molecule has 0 aliphatic carbocycles. The van der Waals surface area contributed by atoms with Gasteiger partial charge in [0.2, 0.25) is 5.95 Å². The maximum Gasteiger partial charge on any atom is 0.207 e. The summed E-state index contributed by atoms with van der Waals surface area (Å²) in [6, 6.07) is 9.50. The fourth-order valence-corrected chi connectivity index (χ4v) is 2.28. The third kappa shape index (κ3) is 1.62. The summed E-state index contributed by atoms with van der Waals surface area (Å²) in [6.45, 7) is 1.99. The highest BCUT2D eigenvalue weighted by atomic mass is 35.5. The lowest BCUT2D eigenvalue weighted by Crippen LogP contribution is -2.02. The molecule has 0 saturated heterocycles. The molecule has 2 heterocycles. The van der Waals surface area contributed by atoms with Gasteiger partial charge in [-0.2, -0.15) is 0 Å². The summed E-state index contributed by atoms with van der Waals surface area (Å²) >= 11 is 6.26. The van der Waals surface area contributed by atoms with Crippen LogP contribution in [0.1, 0.15) is 5.56 Å². The van der Waals surface area contributed by atoms with E-state index < -0.39 is 0 Å². The fraction of sp³-hybridized carbons (Fsp3) is 0.0769. The summed E-state index contributed by atoms with van der Waals surface area (Å²) in [5.74, 6) is 0.384. The van der Waals surface area contributed by atoms with Crippen molar-refractivity contribution in [3.8, 4) is 5.69 Å². The van der Waals surface area contributed by atoms with Gasteiger partial charge in [0.25, 0.3) is 0 Å². The number of benzene rings is 1. The van der Waals surface area contributed by atoms with Crippen LogP contribution >= 0.6 is 11.6 Å². The van der Waals surface area contributed by atoms with Gasteiger partial charge in [0.15, 0.2) is 5.65 Å². The van der Waals surface area contributed by atoms with Crippen LogP contribution in [0.25, 0.3) is 16.9 Å². The van der Waals surface area contributed by atoms with E-state index in [1.165, 1.54) is 0 Å². The molecule has 3 aromatic rings. The van der Waals surface area contributed by atoms with Gasteiger partial charge in [-0.25, -0.2) is 9.97 Å². The van der Waals surface area contributed by atoms with E-state index in [9.17, 15) is 0 Å². The van der Waals surface area contributed by atoms with Crippen molar-refractivity contribution in [2.45, 2.75) is 6.92 Å². The molecule has 0 aliphatic rings. The Labute approximate surface area is 109 Å². The smallest absolute Gasteiger partial charge is 0.207 e. The zero-order valence-corrected chi connectivity index (χ0v) is 10.5. The van der Waals surface area contributed by atoms with Crippen molar-refractivity contribution in [3.05, 3.63) is 47.1 Å². The molecule has 1 aromatic carbocycles. The van der Waals surface area contributed by atoms with Crippen LogP contribution in [0.3, 0.4) is 0 Å². The van der Waals surface area contributed by atoms with Gasteiger partial charge in [0.1, 0.15) is 5.52 Å². The van der Waals surface area contributed by atoms with Crippen LogP contribution in [0.2, 0.25) is 5.02 Å². The first-order valence-electron chi connectivity index (χ1n) is 5.52. The zero-order valence-electron chi connectivity index (χ0n) is 9.76. The third-order valence-electron chi connectivity index (χ3n) is 2.79. The molecule has 0 atom stereocenters. The summed E-state index contributed by atoms with van der Waals surface area (Å²) in [7, 11) is 0. The molecule has 3 rings (SSSR count). The Balaban J connectivity index is 2.34. The van der Waals surface area contributed by atoms with Crippen molar-refractivity contribution in [3.63, 3.8) is 0 Å². The molecule has 4 nitrogen and oxygen atoms in total. The molecule has 2 N–H and O–H groups in total. The van der Waals surface area contributed by atoms with Crippen LogP contribution < -0.4 is 5.73 Å². The van der Waals surface area contributed by atoms with Crippen LogP contribution in [0, 0.1) is 6.92 Å². The molecule has 0 bridgehead atoms. The average molecular weight is 259 g/mol. The molecular weight excluding hydrogens is 248 g/mol. The van der Waals surface area contributed by atoms with Crippen molar-refractivity contribution in [2.24, 2.45) is 0 Å². The molecule has 0 fully saturated rings. The van der Waals surface area contributed by atoms with E-state index in [0.717, 1.165) is 16.8 Å². The predicted octanol–water partition coefficient (Wildman–Crippen LogP) is 2.96. The largest absolute Gasteiger partial charge is 0.369 e. The topological polar surface area (TPSA) is 56.7 Å². The molecule has 0 amide bonds. The summed E-state index contributed by atoms with van der Waals surface area (Å²) in [5, 5.41) is 0.631. The second kappa shape index (κ2) is 3.99. The molecule has 2 aromatic heterocycles. The Bertz CT molecular complexity index is 733. The Hall–Kier alpha value is -2.07. The number of anilines is 1. The van der Waals surface area contributed by atoms with Gasteiger partial charge in [-0.15, -0.1) is 0 Å². The maximum atomic E-state index is 6.26. The Morgan fingerprint density at radius 1 is 1.28 bits per heavy atom. The van der Waals surface area contributed by atoms with Crippen molar-refractivity contribution >= 4 is 28.7 Å². The number of nitrogens with two attached hydrogens (primary N) is 1. The molecular formula is C13H11ClN4. The van der Waals surface area contributed by atoms with E-state index in [4.69, 9.17) is 17.3 Å². The third-order valence-corrected chi connectivity index (χ3v) is 3.09. The van der Waals surface area contributed by atoms with E-state index in [2.05, 4.69) is 9.97 Å². The minimum atomic E-state index is 0.384. The lowest BCUT2D eigenvalue weighted by Gasteiger charge is -2.08. The van der Waals surface area contributed by atoms with Crippen LogP contribution in [0.5, 0.6) is 0 Å². The number of nitrogens with zero attached hydrogens (tertiary/aromatic N) is 3.